The number of sulfonamides is 1. The van der Waals surface area contributed by atoms with Crippen molar-refractivity contribution >= 4 is 21.8 Å². The normalized spacial score (nSPS) is 20.4. The van der Waals surface area contributed by atoms with E-state index in [1.54, 1.807) is 0 Å². The van der Waals surface area contributed by atoms with Gasteiger partial charge in [-0.2, -0.15) is 4.31 Å². The van der Waals surface area contributed by atoms with E-state index in [0.29, 0.717) is 12.8 Å². The molecule has 27 heavy (non-hydrogen) atoms. The molecule has 2 aromatic carbocycles. The lowest BCUT2D eigenvalue weighted by Crippen LogP contribution is -2.39. The number of phenolic OH excluding ortho intramolecular Hbond substituents is 1. The zero-order valence-electron chi connectivity index (χ0n) is 14.4. The van der Waals surface area contributed by atoms with E-state index in [4.69, 9.17) is 0 Å². The standard InChI is InChI=1S/C19H18N2O5S/c22-15-3-5-16(6-4-15)27(25,26)21-10-13-2-1-12(9-14(13)11-21)17-7-8-18(23)20-19(17)24/h1-6,9,17,22H,7-8,10-11H2,(H,20,23,24). The molecule has 0 aliphatic carbocycles. The maximum Gasteiger partial charge on any atom is 0.243 e. The van der Waals surface area contributed by atoms with Crippen molar-refractivity contribution in [2.45, 2.75) is 36.7 Å². The maximum absolute atomic E-state index is 12.8. The van der Waals surface area contributed by atoms with Crippen LogP contribution >= 0.6 is 0 Å². The molecule has 4 rings (SSSR count). The molecule has 2 aliphatic heterocycles. The molecule has 2 aliphatic rings. The zero-order chi connectivity index (χ0) is 19.2. The Balaban J connectivity index is 1.58. The number of carbonyl (C=O) groups is 2. The SMILES string of the molecule is O=C1CCC(c2ccc3c(c2)CN(S(=O)(=O)c2ccc(O)cc2)C3)C(=O)N1. The molecular formula is C19H18N2O5S. The number of nitrogens with one attached hydrogen (secondary N) is 1. The van der Waals surface area contributed by atoms with E-state index in [-0.39, 0.29) is 35.5 Å². The molecular weight excluding hydrogens is 368 g/mol. The van der Waals surface area contributed by atoms with Crippen LogP contribution in [0.3, 0.4) is 0 Å². The number of nitrogens with zero attached hydrogens (tertiary/aromatic N) is 1. The molecule has 2 N–H and O–H groups in total. The van der Waals surface area contributed by atoms with Crippen molar-refractivity contribution in [2.24, 2.45) is 0 Å². The molecule has 8 heteroatoms. The Labute approximate surface area is 156 Å². The van der Waals surface area contributed by atoms with Crippen LogP contribution in [-0.4, -0.2) is 29.6 Å². The highest BCUT2D eigenvalue weighted by molar-refractivity contribution is 7.89. The second-order valence-corrected chi connectivity index (χ2v) is 8.74. The van der Waals surface area contributed by atoms with Crippen LogP contribution in [0.5, 0.6) is 5.75 Å². The number of rotatable bonds is 3. The lowest BCUT2D eigenvalue weighted by Gasteiger charge is -2.21. The fraction of sp³-hybridized carbons (Fsp3) is 0.263. The molecule has 1 saturated heterocycles. The van der Waals surface area contributed by atoms with Crippen molar-refractivity contribution in [1.82, 2.24) is 9.62 Å². The summed E-state index contributed by atoms with van der Waals surface area (Å²) in [4.78, 5) is 23.5. The lowest BCUT2D eigenvalue weighted by molar-refractivity contribution is -0.134. The van der Waals surface area contributed by atoms with Gasteiger partial charge in [-0.3, -0.25) is 14.9 Å². The van der Waals surface area contributed by atoms with Gasteiger partial charge >= 0.3 is 0 Å². The highest BCUT2D eigenvalue weighted by Crippen LogP contribution is 2.33. The molecule has 0 radical (unpaired) electrons. The molecule has 2 heterocycles. The molecule has 7 nitrogen and oxygen atoms in total. The van der Waals surface area contributed by atoms with Crippen LogP contribution in [0.15, 0.2) is 47.4 Å². The van der Waals surface area contributed by atoms with Crippen molar-refractivity contribution in [1.29, 1.82) is 0 Å². The lowest BCUT2D eigenvalue weighted by atomic mass is 9.89. The second kappa shape index (κ2) is 6.47. The average Bonchev–Trinajstić information content (AvgIpc) is 3.06. The third kappa shape index (κ3) is 3.22. The number of piperidine rings is 1. The Morgan fingerprint density at radius 2 is 1.70 bits per heavy atom. The summed E-state index contributed by atoms with van der Waals surface area (Å²) in [5, 5.41) is 11.7. The summed E-state index contributed by atoms with van der Waals surface area (Å²) in [6, 6.07) is 11.0. The van der Waals surface area contributed by atoms with Gasteiger partial charge in [-0.15, -0.1) is 0 Å². The number of amides is 2. The Morgan fingerprint density at radius 1 is 1.00 bits per heavy atom. The molecule has 2 aromatic rings. The van der Waals surface area contributed by atoms with Crippen molar-refractivity contribution in [3.63, 3.8) is 0 Å². The van der Waals surface area contributed by atoms with Gasteiger partial charge in [-0.25, -0.2) is 8.42 Å². The Bertz CT molecular complexity index is 1030. The molecule has 0 bridgehead atoms. The van der Waals surface area contributed by atoms with E-state index in [2.05, 4.69) is 5.32 Å². The number of imide groups is 1. The molecule has 2 amide bonds. The number of aromatic hydroxyl groups is 1. The second-order valence-electron chi connectivity index (χ2n) is 6.80. The molecule has 0 spiro atoms. The van der Waals surface area contributed by atoms with Gasteiger partial charge in [-0.05, 0) is 47.4 Å². The van der Waals surface area contributed by atoms with E-state index in [0.717, 1.165) is 16.7 Å². The molecule has 1 fully saturated rings. The van der Waals surface area contributed by atoms with Gasteiger partial charge in [0, 0.05) is 19.5 Å². The summed E-state index contributed by atoms with van der Waals surface area (Å²) in [6.07, 6.45) is 0.758. The Kier molecular flexibility index (Phi) is 4.24. The van der Waals surface area contributed by atoms with Crippen molar-refractivity contribution < 1.29 is 23.1 Å². The van der Waals surface area contributed by atoms with E-state index in [1.807, 2.05) is 18.2 Å². The largest absolute Gasteiger partial charge is 0.508 e. The van der Waals surface area contributed by atoms with Gasteiger partial charge in [0.25, 0.3) is 0 Å². The van der Waals surface area contributed by atoms with E-state index >= 15 is 0 Å². The molecule has 1 atom stereocenters. The predicted octanol–water partition coefficient (Wildman–Crippen LogP) is 1.62. The number of benzene rings is 2. The first kappa shape index (κ1) is 17.7. The summed E-state index contributed by atoms with van der Waals surface area (Å²) in [5.74, 6) is -0.954. The van der Waals surface area contributed by atoms with Gasteiger partial charge in [0.15, 0.2) is 0 Å². The fourth-order valence-electron chi connectivity index (χ4n) is 3.55. The van der Waals surface area contributed by atoms with Crippen molar-refractivity contribution in [2.75, 3.05) is 0 Å². The smallest absolute Gasteiger partial charge is 0.243 e. The van der Waals surface area contributed by atoms with E-state index in [1.165, 1.54) is 28.6 Å². The first-order chi connectivity index (χ1) is 12.8. The topological polar surface area (TPSA) is 104 Å². The average molecular weight is 386 g/mol. The number of fused-ring (bicyclic) bond motifs is 1. The van der Waals surface area contributed by atoms with Gasteiger partial charge in [0.05, 0.1) is 10.8 Å². The van der Waals surface area contributed by atoms with Crippen LogP contribution in [0, 0.1) is 0 Å². The monoisotopic (exact) mass is 386 g/mol. The van der Waals surface area contributed by atoms with Crippen LogP contribution in [0.4, 0.5) is 0 Å². The van der Waals surface area contributed by atoms with Gasteiger partial charge in [-0.1, -0.05) is 18.2 Å². The van der Waals surface area contributed by atoms with Crippen LogP contribution in [0.25, 0.3) is 0 Å². The predicted molar refractivity (Wildman–Crippen MR) is 96.1 cm³/mol. The molecule has 0 aromatic heterocycles. The third-order valence-electron chi connectivity index (χ3n) is 5.04. The van der Waals surface area contributed by atoms with Crippen LogP contribution in [0.2, 0.25) is 0 Å². The molecule has 1 unspecified atom stereocenters. The van der Waals surface area contributed by atoms with E-state index in [9.17, 15) is 23.1 Å². The minimum Gasteiger partial charge on any atom is -0.508 e. The highest BCUT2D eigenvalue weighted by Gasteiger charge is 2.33. The van der Waals surface area contributed by atoms with Crippen molar-refractivity contribution in [3.8, 4) is 5.75 Å². The number of hydrogen-bond donors (Lipinski definition) is 2. The van der Waals surface area contributed by atoms with Gasteiger partial charge < -0.3 is 5.11 Å². The summed E-state index contributed by atoms with van der Waals surface area (Å²) in [5.41, 5.74) is 2.55. The van der Waals surface area contributed by atoms with Gasteiger partial charge in [0.1, 0.15) is 5.75 Å². The van der Waals surface area contributed by atoms with Gasteiger partial charge in [0.2, 0.25) is 21.8 Å². The minimum atomic E-state index is -3.68. The van der Waals surface area contributed by atoms with Crippen molar-refractivity contribution in [3.05, 3.63) is 59.2 Å². The van der Waals surface area contributed by atoms with Crippen LogP contribution < -0.4 is 5.32 Å². The molecule has 0 saturated carbocycles. The van der Waals surface area contributed by atoms with E-state index < -0.39 is 15.9 Å². The third-order valence-corrected chi connectivity index (χ3v) is 6.85. The highest BCUT2D eigenvalue weighted by atomic mass is 32.2. The fourth-order valence-corrected chi connectivity index (χ4v) is 4.94. The quantitative estimate of drug-likeness (QED) is 0.780. The summed E-state index contributed by atoms with van der Waals surface area (Å²) < 4.78 is 27.0. The Hall–Kier alpha value is -2.71. The minimum absolute atomic E-state index is 0.00698. The van der Waals surface area contributed by atoms with Crippen LogP contribution in [0.1, 0.15) is 35.4 Å². The molecule has 140 valence electrons. The summed E-state index contributed by atoms with van der Waals surface area (Å²) in [6.45, 7) is 0.480. The van der Waals surface area contributed by atoms with Crippen LogP contribution in [-0.2, 0) is 32.7 Å². The summed E-state index contributed by atoms with van der Waals surface area (Å²) in [7, 11) is -3.68. The first-order valence-corrected chi connectivity index (χ1v) is 10.0. The number of phenols is 1. The number of carbonyl (C=O) groups excluding carboxylic acids is 2. The number of hydrogen-bond acceptors (Lipinski definition) is 5. The Morgan fingerprint density at radius 3 is 2.41 bits per heavy atom. The zero-order valence-corrected chi connectivity index (χ0v) is 15.2. The summed E-state index contributed by atoms with van der Waals surface area (Å²) >= 11 is 0. The maximum atomic E-state index is 12.8. The first-order valence-electron chi connectivity index (χ1n) is 8.59.